The monoisotopic (exact) mass is 246 g/mol. The zero-order valence-corrected chi connectivity index (χ0v) is 10.8. The first kappa shape index (κ1) is 12.8. The van der Waals surface area contributed by atoms with Crippen molar-refractivity contribution in [3.63, 3.8) is 0 Å². The molecular weight excluding hydrogens is 228 g/mol. The van der Waals surface area contributed by atoms with Gasteiger partial charge in [-0.25, -0.2) is 4.98 Å². The van der Waals surface area contributed by atoms with E-state index < -0.39 is 0 Å². The van der Waals surface area contributed by atoms with Crippen LogP contribution in [0.3, 0.4) is 0 Å². The van der Waals surface area contributed by atoms with E-state index in [0.29, 0.717) is 5.56 Å². The standard InChI is InChI=1S/C13H18N4O/c1-3-17-8-11(12(9-17)18-2)16-13-5-4-10(6-14)7-15-13/h4-5,7,11-12H,3,8-9H2,1-2H3,(H,15,16)/t11-,12-/m0/s1. The van der Waals surface area contributed by atoms with Crippen LogP contribution in [0.25, 0.3) is 0 Å². The summed E-state index contributed by atoms with van der Waals surface area (Å²) in [7, 11) is 1.74. The van der Waals surface area contributed by atoms with Crippen molar-refractivity contribution in [1.82, 2.24) is 9.88 Å². The Bertz CT molecular complexity index is 426. The quantitative estimate of drug-likeness (QED) is 0.861. The number of nitrogens with zero attached hydrogens (tertiary/aromatic N) is 3. The van der Waals surface area contributed by atoms with Gasteiger partial charge in [-0.05, 0) is 18.7 Å². The van der Waals surface area contributed by atoms with Gasteiger partial charge < -0.3 is 10.1 Å². The number of nitrogens with one attached hydrogen (secondary N) is 1. The number of hydrogen-bond acceptors (Lipinski definition) is 5. The molecular formula is C13H18N4O. The summed E-state index contributed by atoms with van der Waals surface area (Å²) in [5.74, 6) is 0.791. The maximum atomic E-state index is 8.72. The lowest BCUT2D eigenvalue weighted by Crippen LogP contribution is -2.33. The Balaban J connectivity index is 2.01. The molecule has 0 aromatic carbocycles. The second-order valence-corrected chi connectivity index (χ2v) is 4.42. The van der Waals surface area contributed by atoms with Crippen molar-refractivity contribution in [1.29, 1.82) is 5.26 Å². The molecule has 5 heteroatoms. The maximum absolute atomic E-state index is 8.72. The van der Waals surface area contributed by atoms with Crippen molar-refractivity contribution in [3.8, 4) is 6.07 Å². The summed E-state index contributed by atoms with van der Waals surface area (Å²) in [6.07, 6.45) is 1.76. The molecule has 1 aliphatic heterocycles. The zero-order valence-electron chi connectivity index (χ0n) is 10.8. The predicted molar refractivity (Wildman–Crippen MR) is 69.3 cm³/mol. The molecule has 96 valence electrons. The highest BCUT2D eigenvalue weighted by Gasteiger charge is 2.31. The lowest BCUT2D eigenvalue weighted by atomic mass is 10.2. The Morgan fingerprint density at radius 1 is 1.56 bits per heavy atom. The Hall–Kier alpha value is -1.64. The van der Waals surface area contributed by atoms with Gasteiger partial charge in [0.2, 0.25) is 0 Å². The first-order valence-electron chi connectivity index (χ1n) is 6.14. The largest absolute Gasteiger partial charge is 0.378 e. The lowest BCUT2D eigenvalue weighted by Gasteiger charge is -2.18. The van der Waals surface area contributed by atoms with Gasteiger partial charge in [0.05, 0.1) is 17.7 Å². The minimum Gasteiger partial charge on any atom is -0.378 e. The summed E-state index contributed by atoms with van der Waals surface area (Å²) >= 11 is 0. The van der Waals surface area contributed by atoms with Gasteiger partial charge >= 0.3 is 0 Å². The highest BCUT2D eigenvalue weighted by atomic mass is 16.5. The minimum absolute atomic E-state index is 0.183. The molecule has 0 saturated carbocycles. The molecule has 1 saturated heterocycles. The van der Waals surface area contributed by atoms with E-state index >= 15 is 0 Å². The van der Waals surface area contributed by atoms with E-state index in [4.69, 9.17) is 10.00 Å². The number of hydrogen-bond donors (Lipinski definition) is 1. The summed E-state index contributed by atoms with van der Waals surface area (Å²) in [4.78, 5) is 6.57. The minimum atomic E-state index is 0.183. The molecule has 0 amide bonds. The van der Waals surface area contributed by atoms with E-state index in [0.717, 1.165) is 25.5 Å². The molecule has 1 N–H and O–H groups in total. The number of likely N-dealkylation sites (N-methyl/N-ethyl adjacent to an activating group) is 1. The SMILES string of the molecule is CCN1C[C@H](Nc2ccc(C#N)cn2)[C@@H](OC)C1. The van der Waals surface area contributed by atoms with Gasteiger partial charge in [0.25, 0.3) is 0 Å². The summed E-state index contributed by atoms with van der Waals surface area (Å²) in [6, 6.07) is 5.91. The maximum Gasteiger partial charge on any atom is 0.126 e. The third-order valence-electron chi connectivity index (χ3n) is 3.32. The van der Waals surface area contributed by atoms with Gasteiger partial charge in [-0.3, -0.25) is 4.90 Å². The Labute approximate surface area is 107 Å². The molecule has 1 aromatic heterocycles. The van der Waals surface area contributed by atoms with Gasteiger partial charge in [-0.1, -0.05) is 6.92 Å². The average molecular weight is 246 g/mol. The lowest BCUT2D eigenvalue weighted by molar-refractivity contribution is 0.102. The number of anilines is 1. The third kappa shape index (κ3) is 2.78. The second-order valence-electron chi connectivity index (χ2n) is 4.42. The molecule has 18 heavy (non-hydrogen) atoms. The molecule has 0 radical (unpaired) electrons. The Kier molecular flexibility index (Phi) is 4.13. The van der Waals surface area contributed by atoms with E-state index in [2.05, 4.69) is 28.2 Å². The summed E-state index contributed by atoms with van der Waals surface area (Å²) in [5.41, 5.74) is 0.574. The number of pyridine rings is 1. The van der Waals surface area contributed by atoms with E-state index in [-0.39, 0.29) is 12.1 Å². The molecule has 2 heterocycles. The molecule has 2 rings (SSSR count). The molecule has 5 nitrogen and oxygen atoms in total. The van der Waals surface area contributed by atoms with Gasteiger partial charge in [0.1, 0.15) is 11.9 Å². The molecule has 0 aliphatic carbocycles. The number of likely N-dealkylation sites (tertiary alicyclic amines) is 1. The van der Waals surface area contributed by atoms with Gasteiger partial charge in [0.15, 0.2) is 0 Å². The van der Waals surface area contributed by atoms with E-state index in [1.165, 1.54) is 0 Å². The fourth-order valence-electron chi connectivity index (χ4n) is 2.22. The average Bonchev–Trinajstić information content (AvgIpc) is 2.82. The fourth-order valence-corrected chi connectivity index (χ4v) is 2.22. The van der Waals surface area contributed by atoms with E-state index in [1.54, 1.807) is 19.4 Å². The van der Waals surface area contributed by atoms with Crippen LogP contribution in [0.5, 0.6) is 0 Å². The Morgan fingerprint density at radius 2 is 2.39 bits per heavy atom. The molecule has 2 atom stereocenters. The van der Waals surface area contributed by atoms with Crippen LogP contribution in [-0.2, 0) is 4.74 Å². The van der Waals surface area contributed by atoms with E-state index in [1.807, 2.05) is 6.07 Å². The number of ether oxygens (including phenoxy) is 1. The Morgan fingerprint density at radius 3 is 2.94 bits per heavy atom. The topological polar surface area (TPSA) is 61.2 Å². The van der Waals surface area contributed by atoms with Crippen molar-refractivity contribution in [2.24, 2.45) is 0 Å². The number of nitriles is 1. The van der Waals surface area contributed by atoms with Crippen LogP contribution in [0.2, 0.25) is 0 Å². The smallest absolute Gasteiger partial charge is 0.126 e. The van der Waals surface area contributed by atoms with Crippen molar-refractivity contribution >= 4 is 5.82 Å². The summed E-state index contributed by atoms with van der Waals surface area (Å²) in [6.45, 7) is 5.07. The van der Waals surface area contributed by atoms with Crippen LogP contribution in [-0.4, -0.2) is 48.8 Å². The van der Waals surface area contributed by atoms with Crippen LogP contribution < -0.4 is 5.32 Å². The van der Waals surface area contributed by atoms with Gasteiger partial charge in [-0.15, -0.1) is 0 Å². The summed E-state index contributed by atoms with van der Waals surface area (Å²) < 4.78 is 5.49. The van der Waals surface area contributed by atoms with Crippen LogP contribution in [0.4, 0.5) is 5.82 Å². The number of rotatable bonds is 4. The molecule has 0 unspecified atom stereocenters. The summed E-state index contributed by atoms with van der Waals surface area (Å²) in [5, 5.41) is 12.1. The van der Waals surface area contributed by atoms with Crippen molar-refractivity contribution < 1.29 is 4.74 Å². The van der Waals surface area contributed by atoms with Gasteiger partial charge in [0, 0.05) is 26.4 Å². The highest BCUT2D eigenvalue weighted by Crippen LogP contribution is 2.17. The van der Waals surface area contributed by atoms with Crippen molar-refractivity contribution in [2.45, 2.75) is 19.1 Å². The molecule has 0 spiro atoms. The predicted octanol–water partition coefficient (Wildman–Crippen LogP) is 1.08. The fraction of sp³-hybridized carbons (Fsp3) is 0.538. The second kappa shape index (κ2) is 5.80. The van der Waals surface area contributed by atoms with Crippen LogP contribution >= 0.6 is 0 Å². The number of methoxy groups -OCH3 is 1. The third-order valence-corrected chi connectivity index (χ3v) is 3.32. The molecule has 1 aromatic rings. The zero-order chi connectivity index (χ0) is 13.0. The van der Waals surface area contributed by atoms with Crippen LogP contribution in [0.15, 0.2) is 18.3 Å². The van der Waals surface area contributed by atoms with Crippen molar-refractivity contribution in [2.75, 3.05) is 32.1 Å². The molecule has 1 fully saturated rings. The van der Waals surface area contributed by atoms with Crippen LogP contribution in [0.1, 0.15) is 12.5 Å². The van der Waals surface area contributed by atoms with Gasteiger partial charge in [-0.2, -0.15) is 5.26 Å². The van der Waals surface area contributed by atoms with E-state index in [9.17, 15) is 0 Å². The first-order chi connectivity index (χ1) is 8.76. The number of aromatic nitrogens is 1. The first-order valence-corrected chi connectivity index (χ1v) is 6.14. The van der Waals surface area contributed by atoms with Crippen LogP contribution in [0, 0.1) is 11.3 Å². The normalized spacial score (nSPS) is 23.8. The molecule has 1 aliphatic rings. The highest BCUT2D eigenvalue weighted by molar-refractivity contribution is 5.40. The van der Waals surface area contributed by atoms with Crippen molar-refractivity contribution in [3.05, 3.63) is 23.9 Å². The molecule has 0 bridgehead atoms.